The number of methoxy groups -OCH3 is 1. The minimum Gasteiger partial charge on any atom is -0.453 e. The lowest BCUT2D eigenvalue weighted by molar-refractivity contribution is 0.167. The molecule has 2 rings (SSSR count). The number of amides is 1. The average Bonchev–Trinajstić information content (AvgIpc) is 2.86. The molecule has 0 saturated carbocycles. The molecule has 0 bridgehead atoms. The Morgan fingerprint density at radius 2 is 2.35 bits per heavy atom. The van der Waals surface area contributed by atoms with Crippen LogP contribution >= 0.6 is 15.9 Å². The molecular weight excluding hydrogens is 324 g/mol. The van der Waals surface area contributed by atoms with Crippen molar-refractivity contribution >= 4 is 27.7 Å². The van der Waals surface area contributed by atoms with Gasteiger partial charge >= 0.3 is 6.09 Å². The van der Waals surface area contributed by atoms with E-state index in [1.54, 1.807) is 6.92 Å². The van der Waals surface area contributed by atoms with Crippen LogP contribution in [0, 0.1) is 0 Å². The number of anilines is 1. The molecule has 2 unspecified atom stereocenters. The van der Waals surface area contributed by atoms with Crippen LogP contribution in [0.1, 0.15) is 25.0 Å². The Balaban J connectivity index is 2.03. The van der Waals surface area contributed by atoms with Crippen molar-refractivity contribution in [1.82, 2.24) is 5.32 Å². The number of ether oxygens (including phenoxy) is 1. The van der Waals surface area contributed by atoms with Crippen molar-refractivity contribution in [2.24, 2.45) is 0 Å². The van der Waals surface area contributed by atoms with Crippen molar-refractivity contribution in [3.05, 3.63) is 28.2 Å². The van der Waals surface area contributed by atoms with Crippen molar-refractivity contribution in [2.45, 2.75) is 25.5 Å². The number of rotatable bonds is 3. The third kappa shape index (κ3) is 3.43. The highest BCUT2D eigenvalue weighted by atomic mass is 79.9. The highest BCUT2D eigenvalue weighted by Gasteiger charge is 2.24. The van der Waals surface area contributed by atoms with Gasteiger partial charge in [0.25, 0.3) is 0 Å². The Kier molecular flexibility index (Phi) is 4.88. The molecule has 1 saturated heterocycles. The molecule has 1 aromatic carbocycles. The number of aliphatic hydroxyl groups excluding tert-OH is 1. The summed E-state index contributed by atoms with van der Waals surface area (Å²) < 4.78 is 5.51. The van der Waals surface area contributed by atoms with Gasteiger partial charge in [0.2, 0.25) is 0 Å². The third-order valence-corrected chi connectivity index (χ3v) is 4.18. The van der Waals surface area contributed by atoms with Gasteiger partial charge in [-0.2, -0.15) is 0 Å². The van der Waals surface area contributed by atoms with E-state index >= 15 is 0 Å². The molecule has 1 aliphatic heterocycles. The predicted molar refractivity (Wildman–Crippen MR) is 80.9 cm³/mol. The molecule has 5 nitrogen and oxygen atoms in total. The van der Waals surface area contributed by atoms with Gasteiger partial charge in [-0.15, -0.1) is 0 Å². The first-order chi connectivity index (χ1) is 9.51. The lowest BCUT2D eigenvalue weighted by Crippen LogP contribution is -2.36. The van der Waals surface area contributed by atoms with E-state index in [4.69, 9.17) is 0 Å². The quantitative estimate of drug-likeness (QED) is 0.885. The number of benzene rings is 1. The Hall–Kier alpha value is -1.27. The van der Waals surface area contributed by atoms with E-state index in [0.29, 0.717) is 0 Å². The van der Waals surface area contributed by atoms with Gasteiger partial charge < -0.3 is 20.1 Å². The molecule has 0 spiro atoms. The van der Waals surface area contributed by atoms with Gasteiger partial charge in [0, 0.05) is 23.2 Å². The lowest BCUT2D eigenvalue weighted by atomic mass is 10.1. The monoisotopic (exact) mass is 342 g/mol. The number of nitrogens with zero attached hydrogens (tertiary/aromatic N) is 1. The van der Waals surface area contributed by atoms with E-state index in [1.165, 1.54) is 7.11 Å². The Labute approximate surface area is 127 Å². The maximum Gasteiger partial charge on any atom is 0.407 e. The summed E-state index contributed by atoms with van der Waals surface area (Å²) >= 11 is 3.49. The number of hydrogen-bond donors (Lipinski definition) is 2. The van der Waals surface area contributed by atoms with E-state index in [-0.39, 0.29) is 12.1 Å². The predicted octanol–water partition coefficient (Wildman–Crippen LogP) is 2.44. The molecule has 0 radical (unpaired) electrons. The minimum absolute atomic E-state index is 0.109. The zero-order valence-corrected chi connectivity index (χ0v) is 13.2. The number of carbonyl (C=O) groups excluding carboxylic acids is 1. The largest absolute Gasteiger partial charge is 0.453 e. The molecule has 2 atom stereocenters. The lowest BCUT2D eigenvalue weighted by Gasteiger charge is -2.20. The SMILES string of the molecule is COC(=O)NC1CCN(c2ccc(C(C)O)c(Br)c2)C1. The second kappa shape index (κ2) is 6.45. The van der Waals surface area contributed by atoms with Gasteiger partial charge in [0.15, 0.2) is 0 Å². The summed E-state index contributed by atoms with van der Waals surface area (Å²) in [5, 5.41) is 12.4. The van der Waals surface area contributed by atoms with E-state index < -0.39 is 6.10 Å². The fourth-order valence-corrected chi connectivity index (χ4v) is 3.09. The average molecular weight is 343 g/mol. The Bertz CT molecular complexity index is 493. The molecule has 1 aromatic rings. The van der Waals surface area contributed by atoms with Crippen molar-refractivity contribution in [3.63, 3.8) is 0 Å². The van der Waals surface area contributed by atoms with Crippen LogP contribution in [0.4, 0.5) is 10.5 Å². The summed E-state index contributed by atoms with van der Waals surface area (Å²) in [5.74, 6) is 0. The van der Waals surface area contributed by atoms with Crippen molar-refractivity contribution in [2.75, 3.05) is 25.1 Å². The number of halogens is 1. The number of carbonyl (C=O) groups is 1. The first kappa shape index (κ1) is 15.1. The van der Waals surface area contributed by atoms with Crippen LogP contribution in [0.3, 0.4) is 0 Å². The number of aliphatic hydroxyl groups is 1. The highest BCUT2D eigenvalue weighted by Crippen LogP contribution is 2.29. The summed E-state index contributed by atoms with van der Waals surface area (Å²) in [4.78, 5) is 13.4. The number of alkyl carbamates (subject to hydrolysis) is 1. The fraction of sp³-hybridized carbons (Fsp3) is 0.500. The van der Waals surface area contributed by atoms with E-state index in [9.17, 15) is 9.90 Å². The molecule has 0 aliphatic carbocycles. The van der Waals surface area contributed by atoms with Crippen LogP contribution in [0.2, 0.25) is 0 Å². The van der Waals surface area contributed by atoms with Gasteiger partial charge in [-0.25, -0.2) is 4.79 Å². The van der Waals surface area contributed by atoms with E-state index in [2.05, 4.69) is 30.9 Å². The Morgan fingerprint density at radius 3 is 2.95 bits per heavy atom. The van der Waals surface area contributed by atoms with Gasteiger partial charge in [0.1, 0.15) is 0 Å². The maximum absolute atomic E-state index is 11.2. The molecule has 0 aromatic heterocycles. The zero-order valence-electron chi connectivity index (χ0n) is 11.6. The Morgan fingerprint density at radius 1 is 1.60 bits per heavy atom. The molecule has 1 aliphatic rings. The van der Waals surface area contributed by atoms with Crippen LogP contribution in [-0.4, -0.2) is 37.4 Å². The van der Waals surface area contributed by atoms with Crippen LogP contribution < -0.4 is 10.2 Å². The second-order valence-electron chi connectivity index (χ2n) is 4.95. The smallest absolute Gasteiger partial charge is 0.407 e. The molecule has 1 amide bonds. The summed E-state index contributed by atoms with van der Waals surface area (Å²) in [6, 6.07) is 6.03. The molecule has 6 heteroatoms. The minimum atomic E-state index is -0.495. The fourth-order valence-electron chi connectivity index (χ4n) is 2.39. The maximum atomic E-state index is 11.2. The summed E-state index contributed by atoms with van der Waals surface area (Å²) in [6.45, 7) is 3.39. The van der Waals surface area contributed by atoms with Gasteiger partial charge in [0.05, 0.1) is 19.3 Å². The molecule has 20 heavy (non-hydrogen) atoms. The highest BCUT2D eigenvalue weighted by molar-refractivity contribution is 9.10. The second-order valence-corrected chi connectivity index (χ2v) is 5.80. The van der Waals surface area contributed by atoms with Crippen LogP contribution in [0.5, 0.6) is 0 Å². The molecule has 110 valence electrons. The van der Waals surface area contributed by atoms with Crippen molar-refractivity contribution < 1.29 is 14.6 Å². The van der Waals surface area contributed by atoms with Crippen LogP contribution in [-0.2, 0) is 4.74 Å². The van der Waals surface area contributed by atoms with Gasteiger partial charge in [-0.05, 0) is 31.0 Å². The molecule has 1 heterocycles. The third-order valence-electron chi connectivity index (χ3n) is 3.49. The molecule has 2 N–H and O–H groups in total. The van der Waals surface area contributed by atoms with Crippen LogP contribution in [0.15, 0.2) is 22.7 Å². The number of nitrogens with one attached hydrogen (secondary N) is 1. The van der Waals surface area contributed by atoms with Crippen LogP contribution in [0.25, 0.3) is 0 Å². The van der Waals surface area contributed by atoms with Gasteiger partial charge in [-0.1, -0.05) is 22.0 Å². The first-order valence-corrected chi connectivity index (χ1v) is 7.37. The number of hydrogen-bond acceptors (Lipinski definition) is 4. The summed E-state index contributed by atoms with van der Waals surface area (Å²) in [7, 11) is 1.37. The molecule has 1 fully saturated rings. The van der Waals surface area contributed by atoms with E-state index in [1.807, 2.05) is 18.2 Å². The summed E-state index contributed by atoms with van der Waals surface area (Å²) in [6.07, 6.45) is 0.0125. The summed E-state index contributed by atoms with van der Waals surface area (Å²) in [5.41, 5.74) is 1.95. The van der Waals surface area contributed by atoms with Crippen molar-refractivity contribution in [1.29, 1.82) is 0 Å². The topological polar surface area (TPSA) is 61.8 Å². The zero-order chi connectivity index (χ0) is 14.7. The molecular formula is C14H19BrN2O3. The van der Waals surface area contributed by atoms with Gasteiger partial charge in [-0.3, -0.25) is 0 Å². The standard InChI is InChI=1S/C14H19BrN2O3/c1-9(18)12-4-3-11(7-13(12)15)17-6-5-10(8-17)16-14(19)20-2/h3-4,7,9-10,18H,5-6,8H2,1-2H3,(H,16,19). The van der Waals surface area contributed by atoms with Crippen molar-refractivity contribution in [3.8, 4) is 0 Å². The first-order valence-electron chi connectivity index (χ1n) is 6.58. The van der Waals surface area contributed by atoms with E-state index in [0.717, 1.165) is 35.2 Å². The normalized spacial score (nSPS) is 19.8.